The molecule has 0 bridgehead atoms. The highest BCUT2D eigenvalue weighted by Gasteiger charge is 2.04. The van der Waals surface area contributed by atoms with Crippen LogP contribution >= 0.6 is 23.8 Å². The van der Waals surface area contributed by atoms with Crippen LogP contribution in [-0.2, 0) is 0 Å². The molecule has 0 aliphatic rings. The maximum Gasteiger partial charge on any atom is 0.213 e. The molecule has 3 nitrogen and oxygen atoms in total. The van der Waals surface area contributed by atoms with E-state index in [2.05, 4.69) is 15.2 Å². The fourth-order valence-electron chi connectivity index (χ4n) is 1.30. The molecule has 1 N–H and O–H groups in total. The predicted octanol–water partition coefficient (Wildman–Crippen LogP) is 3.16. The first-order valence-electron chi connectivity index (χ1n) is 4.36. The van der Waals surface area contributed by atoms with E-state index in [4.69, 9.17) is 23.8 Å². The van der Waals surface area contributed by atoms with Crippen molar-refractivity contribution in [3.05, 3.63) is 39.8 Å². The van der Waals surface area contributed by atoms with E-state index in [0.717, 1.165) is 17.0 Å². The maximum absolute atomic E-state index is 5.80. The molecule has 0 saturated carbocycles. The largest absolute Gasteiger partial charge is 0.251 e. The lowest BCUT2D eigenvalue weighted by Crippen LogP contribution is -1.95. The lowest BCUT2D eigenvalue weighted by atomic mass is 10.1. The monoisotopic (exact) mass is 237 g/mol. The van der Waals surface area contributed by atoms with Gasteiger partial charge in [-0.3, -0.25) is 5.10 Å². The molecule has 0 radical (unpaired) electrons. The molecule has 1 heterocycles. The third-order valence-corrected chi connectivity index (χ3v) is 2.43. The van der Waals surface area contributed by atoms with Gasteiger partial charge in [0.15, 0.2) is 0 Å². The quantitative estimate of drug-likeness (QED) is 0.775. The molecule has 1 aromatic carbocycles. The number of aromatic amines is 1. The van der Waals surface area contributed by atoms with Crippen LogP contribution in [0.3, 0.4) is 0 Å². The van der Waals surface area contributed by atoms with Gasteiger partial charge in [-0.1, -0.05) is 23.7 Å². The molecule has 0 spiro atoms. The predicted molar refractivity (Wildman–Crippen MR) is 62.4 cm³/mol. The summed E-state index contributed by atoms with van der Waals surface area (Å²) in [6.45, 7) is 1.88. The molecule has 0 amide bonds. The molecule has 2 aromatic rings. The third-order valence-electron chi connectivity index (χ3n) is 1.99. The number of halogens is 1. The van der Waals surface area contributed by atoms with Crippen LogP contribution in [0.2, 0.25) is 5.02 Å². The van der Waals surface area contributed by atoms with E-state index in [9.17, 15) is 0 Å². The van der Waals surface area contributed by atoms with Crippen LogP contribution in [0.15, 0.2) is 24.3 Å². The molecular formula is C10H8ClN3S. The van der Waals surface area contributed by atoms with Gasteiger partial charge in [-0.2, -0.15) is 5.10 Å². The molecule has 0 unspecified atom stereocenters. The molecule has 0 atom stereocenters. The molecule has 76 valence electrons. The second-order valence-electron chi connectivity index (χ2n) is 3.08. The number of rotatable bonds is 1. The van der Waals surface area contributed by atoms with Crippen LogP contribution < -0.4 is 0 Å². The summed E-state index contributed by atoms with van der Waals surface area (Å²) >= 11 is 10.7. The molecule has 0 fully saturated rings. The van der Waals surface area contributed by atoms with Crippen LogP contribution in [0.25, 0.3) is 11.3 Å². The number of H-pyrrole nitrogens is 1. The van der Waals surface area contributed by atoms with E-state index in [1.54, 1.807) is 0 Å². The van der Waals surface area contributed by atoms with Crippen LogP contribution in [0.1, 0.15) is 5.69 Å². The zero-order valence-electron chi connectivity index (χ0n) is 7.99. The van der Waals surface area contributed by atoms with Crippen molar-refractivity contribution in [1.29, 1.82) is 0 Å². The first-order valence-corrected chi connectivity index (χ1v) is 5.15. The van der Waals surface area contributed by atoms with Crippen molar-refractivity contribution in [1.82, 2.24) is 15.2 Å². The number of hydrogen-bond donors (Lipinski definition) is 1. The number of hydrogen-bond acceptors (Lipinski definition) is 3. The van der Waals surface area contributed by atoms with Gasteiger partial charge in [0.1, 0.15) is 5.69 Å². The zero-order chi connectivity index (χ0) is 10.8. The molecule has 2 rings (SSSR count). The van der Waals surface area contributed by atoms with Gasteiger partial charge in [-0.05, 0) is 31.3 Å². The summed E-state index contributed by atoms with van der Waals surface area (Å²) in [5, 5.41) is 7.52. The summed E-state index contributed by atoms with van der Waals surface area (Å²) in [5.41, 5.74) is 2.57. The van der Waals surface area contributed by atoms with Gasteiger partial charge in [-0.15, -0.1) is 0 Å². The van der Waals surface area contributed by atoms with E-state index in [1.807, 2.05) is 31.2 Å². The van der Waals surface area contributed by atoms with E-state index in [1.165, 1.54) is 0 Å². The van der Waals surface area contributed by atoms with Crippen LogP contribution in [0.5, 0.6) is 0 Å². The van der Waals surface area contributed by atoms with Gasteiger partial charge < -0.3 is 0 Å². The van der Waals surface area contributed by atoms with Crippen molar-refractivity contribution < 1.29 is 0 Å². The summed E-state index contributed by atoms with van der Waals surface area (Å²) in [6, 6.07) is 7.44. The Labute approximate surface area is 97.1 Å². The van der Waals surface area contributed by atoms with Crippen LogP contribution in [-0.4, -0.2) is 15.2 Å². The minimum atomic E-state index is 0.394. The Hall–Kier alpha value is -1.26. The van der Waals surface area contributed by atoms with Gasteiger partial charge in [-0.25, -0.2) is 4.98 Å². The van der Waals surface area contributed by atoms with Gasteiger partial charge in [0, 0.05) is 10.6 Å². The number of nitrogens with one attached hydrogen (secondary N) is 1. The SMILES string of the molecule is Cc1nc(=S)[nH]nc1-c1ccc(Cl)cc1. The average Bonchev–Trinajstić information content (AvgIpc) is 2.20. The molecule has 1 aromatic heterocycles. The lowest BCUT2D eigenvalue weighted by Gasteiger charge is -2.02. The minimum Gasteiger partial charge on any atom is -0.251 e. The molecule has 0 aliphatic heterocycles. The Kier molecular flexibility index (Phi) is 2.79. The minimum absolute atomic E-state index is 0.394. The van der Waals surface area contributed by atoms with Crippen molar-refractivity contribution in [3.63, 3.8) is 0 Å². The standard InChI is InChI=1S/C10H8ClN3S/c1-6-9(13-14-10(15)12-6)7-2-4-8(11)5-3-7/h2-5H,1H3,(H,12,14,15). The summed E-state index contributed by atoms with van der Waals surface area (Å²) in [4.78, 5) is 4.14. The number of benzene rings is 1. The van der Waals surface area contributed by atoms with Crippen molar-refractivity contribution in [3.8, 4) is 11.3 Å². The first-order chi connectivity index (χ1) is 7.16. The van der Waals surface area contributed by atoms with Crippen LogP contribution in [0.4, 0.5) is 0 Å². The second kappa shape index (κ2) is 4.08. The van der Waals surface area contributed by atoms with Gasteiger partial charge in [0.25, 0.3) is 0 Å². The maximum atomic E-state index is 5.80. The van der Waals surface area contributed by atoms with E-state index in [0.29, 0.717) is 9.79 Å². The Morgan fingerprint density at radius 3 is 2.53 bits per heavy atom. The fourth-order valence-corrected chi connectivity index (χ4v) is 1.60. The normalized spacial score (nSPS) is 10.3. The highest BCUT2D eigenvalue weighted by atomic mass is 35.5. The Bertz CT molecular complexity index is 533. The van der Waals surface area contributed by atoms with E-state index < -0.39 is 0 Å². The molecule has 0 saturated heterocycles. The van der Waals surface area contributed by atoms with Crippen molar-refractivity contribution in [2.45, 2.75) is 6.92 Å². The van der Waals surface area contributed by atoms with E-state index in [-0.39, 0.29) is 0 Å². The zero-order valence-corrected chi connectivity index (χ0v) is 9.56. The number of aromatic nitrogens is 3. The smallest absolute Gasteiger partial charge is 0.213 e. The lowest BCUT2D eigenvalue weighted by molar-refractivity contribution is 0.928. The summed E-state index contributed by atoms with van der Waals surface area (Å²) in [5.74, 6) is 0. The van der Waals surface area contributed by atoms with Crippen molar-refractivity contribution in [2.75, 3.05) is 0 Å². The fraction of sp³-hybridized carbons (Fsp3) is 0.100. The summed E-state index contributed by atoms with van der Waals surface area (Å²) in [6.07, 6.45) is 0. The Morgan fingerprint density at radius 1 is 1.27 bits per heavy atom. The highest BCUT2D eigenvalue weighted by Crippen LogP contribution is 2.20. The molecule has 0 aliphatic carbocycles. The highest BCUT2D eigenvalue weighted by molar-refractivity contribution is 7.71. The van der Waals surface area contributed by atoms with Gasteiger partial charge in [0.2, 0.25) is 4.77 Å². The van der Waals surface area contributed by atoms with Gasteiger partial charge >= 0.3 is 0 Å². The third kappa shape index (κ3) is 2.22. The topological polar surface area (TPSA) is 41.6 Å². The van der Waals surface area contributed by atoms with Crippen molar-refractivity contribution in [2.24, 2.45) is 0 Å². The van der Waals surface area contributed by atoms with Gasteiger partial charge in [0.05, 0.1) is 5.69 Å². The molecule has 15 heavy (non-hydrogen) atoms. The Balaban J connectivity index is 2.54. The average molecular weight is 238 g/mol. The summed E-state index contributed by atoms with van der Waals surface area (Å²) in [7, 11) is 0. The van der Waals surface area contributed by atoms with Crippen LogP contribution in [0, 0.1) is 11.7 Å². The Morgan fingerprint density at radius 2 is 1.93 bits per heavy atom. The first kappa shape index (κ1) is 10.3. The number of aryl methyl sites for hydroxylation is 1. The molecule has 5 heteroatoms. The van der Waals surface area contributed by atoms with E-state index >= 15 is 0 Å². The molecular weight excluding hydrogens is 230 g/mol. The summed E-state index contributed by atoms with van der Waals surface area (Å²) < 4.78 is 0.394. The number of nitrogens with zero attached hydrogens (tertiary/aromatic N) is 2. The van der Waals surface area contributed by atoms with Crippen molar-refractivity contribution >= 4 is 23.8 Å². The second-order valence-corrected chi connectivity index (χ2v) is 3.90.